The molecule has 2 saturated heterocycles. The molecule has 0 N–H and O–H groups in total. The maximum atomic E-state index is 2.95. The standard InChI is InChI=1S/C18H34N2S/c1-14(2)18-13-19-11-5-4-6-16(19)12-20(18)15-7-9-17(21-3)10-8-15/h14-18H,4-13H2,1-3H3. The minimum atomic E-state index is 0.797. The van der Waals surface area contributed by atoms with E-state index in [-0.39, 0.29) is 0 Å². The molecule has 2 nitrogen and oxygen atoms in total. The van der Waals surface area contributed by atoms with Crippen LogP contribution in [0.1, 0.15) is 58.8 Å². The van der Waals surface area contributed by atoms with Crippen LogP contribution in [0.5, 0.6) is 0 Å². The number of hydrogen-bond acceptors (Lipinski definition) is 3. The third kappa shape index (κ3) is 3.61. The van der Waals surface area contributed by atoms with E-state index in [9.17, 15) is 0 Å². The summed E-state index contributed by atoms with van der Waals surface area (Å²) in [7, 11) is 0. The lowest BCUT2D eigenvalue weighted by Gasteiger charge is -2.53. The van der Waals surface area contributed by atoms with Gasteiger partial charge in [0.25, 0.3) is 0 Å². The molecule has 3 fully saturated rings. The Morgan fingerprint density at radius 2 is 1.67 bits per heavy atom. The normalized spacial score (nSPS) is 39.4. The van der Waals surface area contributed by atoms with Crippen molar-refractivity contribution in [3.63, 3.8) is 0 Å². The van der Waals surface area contributed by atoms with E-state index in [0.29, 0.717) is 0 Å². The zero-order valence-corrected chi connectivity index (χ0v) is 15.1. The smallest absolute Gasteiger partial charge is 0.0249 e. The zero-order chi connectivity index (χ0) is 14.8. The molecule has 0 aromatic rings. The summed E-state index contributed by atoms with van der Waals surface area (Å²) in [4.78, 5) is 5.77. The van der Waals surface area contributed by atoms with E-state index in [2.05, 4.69) is 41.7 Å². The Bertz CT molecular complexity index is 325. The largest absolute Gasteiger partial charge is 0.298 e. The number of hydrogen-bond donors (Lipinski definition) is 0. The molecule has 21 heavy (non-hydrogen) atoms. The van der Waals surface area contributed by atoms with Crippen LogP contribution in [-0.2, 0) is 0 Å². The lowest BCUT2D eigenvalue weighted by molar-refractivity contribution is -0.0370. The van der Waals surface area contributed by atoms with Gasteiger partial charge in [-0.15, -0.1) is 0 Å². The van der Waals surface area contributed by atoms with E-state index in [1.54, 1.807) is 0 Å². The lowest BCUT2D eigenvalue weighted by Crippen LogP contribution is -2.63. The van der Waals surface area contributed by atoms with E-state index >= 15 is 0 Å². The molecule has 0 aromatic heterocycles. The van der Waals surface area contributed by atoms with Crippen LogP contribution < -0.4 is 0 Å². The number of piperazine rings is 1. The average Bonchev–Trinajstić information content (AvgIpc) is 2.53. The first kappa shape index (κ1) is 16.1. The van der Waals surface area contributed by atoms with Crippen LogP contribution in [0.3, 0.4) is 0 Å². The van der Waals surface area contributed by atoms with Crippen LogP contribution in [0, 0.1) is 5.92 Å². The minimum absolute atomic E-state index is 0.797. The van der Waals surface area contributed by atoms with Gasteiger partial charge >= 0.3 is 0 Å². The van der Waals surface area contributed by atoms with Crippen molar-refractivity contribution >= 4 is 11.8 Å². The van der Waals surface area contributed by atoms with Gasteiger partial charge in [0.15, 0.2) is 0 Å². The molecule has 0 amide bonds. The maximum Gasteiger partial charge on any atom is 0.0249 e. The van der Waals surface area contributed by atoms with Crippen molar-refractivity contribution in [2.45, 2.75) is 82.2 Å². The second kappa shape index (κ2) is 7.23. The summed E-state index contributed by atoms with van der Waals surface area (Å²) in [6.07, 6.45) is 12.4. The molecule has 122 valence electrons. The number of thioether (sulfide) groups is 1. The Hall–Kier alpha value is 0.270. The Morgan fingerprint density at radius 1 is 0.905 bits per heavy atom. The molecule has 0 bridgehead atoms. The van der Waals surface area contributed by atoms with Crippen molar-refractivity contribution in [2.75, 3.05) is 25.9 Å². The van der Waals surface area contributed by atoms with Gasteiger partial charge in [-0.05, 0) is 57.2 Å². The van der Waals surface area contributed by atoms with Crippen molar-refractivity contribution in [3.05, 3.63) is 0 Å². The predicted molar refractivity (Wildman–Crippen MR) is 94.1 cm³/mol. The topological polar surface area (TPSA) is 6.48 Å². The van der Waals surface area contributed by atoms with Gasteiger partial charge in [-0.3, -0.25) is 9.80 Å². The first-order valence-electron chi connectivity index (χ1n) is 9.21. The fraction of sp³-hybridized carbons (Fsp3) is 1.00. The van der Waals surface area contributed by atoms with Crippen LogP contribution in [0.2, 0.25) is 0 Å². The van der Waals surface area contributed by atoms with Crippen molar-refractivity contribution < 1.29 is 0 Å². The van der Waals surface area contributed by atoms with E-state index in [1.165, 1.54) is 64.6 Å². The molecule has 0 spiro atoms. The summed E-state index contributed by atoms with van der Waals surface area (Å²) in [5, 5.41) is 0.940. The summed E-state index contributed by atoms with van der Waals surface area (Å²) in [6, 6.07) is 2.55. The van der Waals surface area contributed by atoms with Crippen LogP contribution in [0.15, 0.2) is 0 Å². The number of piperidine rings is 1. The fourth-order valence-electron chi connectivity index (χ4n) is 4.86. The highest BCUT2D eigenvalue weighted by Gasteiger charge is 2.39. The number of nitrogens with zero attached hydrogens (tertiary/aromatic N) is 2. The van der Waals surface area contributed by atoms with Gasteiger partial charge in [-0.25, -0.2) is 0 Å². The van der Waals surface area contributed by atoms with Gasteiger partial charge < -0.3 is 0 Å². The van der Waals surface area contributed by atoms with Crippen molar-refractivity contribution in [1.82, 2.24) is 9.80 Å². The zero-order valence-electron chi connectivity index (χ0n) is 14.3. The average molecular weight is 311 g/mol. The first-order valence-corrected chi connectivity index (χ1v) is 10.5. The predicted octanol–water partition coefficient (Wildman–Crippen LogP) is 3.86. The molecular weight excluding hydrogens is 276 g/mol. The quantitative estimate of drug-likeness (QED) is 0.781. The second-order valence-corrected chi connectivity index (χ2v) is 8.96. The molecule has 2 heterocycles. The van der Waals surface area contributed by atoms with Crippen molar-refractivity contribution in [1.29, 1.82) is 0 Å². The Balaban J connectivity index is 1.66. The molecule has 2 unspecified atom stereocenters. The summed E-state index contributed by atoms with van der Waals surface area (Å²) in [5.41, 5.74) is 0. The van der Waals surface area contributed by atoms with Crippen molar-refractivity contribution in [3.8, 4) is 0 Å². The molecule has 0 aromatic carbocycles. The second-order valence-electron chi connectivity index (χ2n) is 7.82. The lowest BCUT2D eigenvalue weighted by atomic mass is 9.86. The molecular formula is C18H34N2S. The molecule has 2 aliphatic heterocycles. The Kier molecular flexibility index (Phi) is 5.55. The van der Waals surface area contributed by atoms with Gasteiger partial charge in [0.05, 0.1) is 0 Å². The van der Waals surface area contributed by atoms with Crippen LogP contribution in [0.25, 0.3) is 0 Å². The summed E-state index contributed by atoms with van der Waals surface area (Å²) in [5.74, 6) is 0.797. The minimum Gasteiger partial charge on any atom is -0.298 e. The molecule has 0 radical (unpaired) electrons. The van der Waals surface area contributed by atoms with Gasteiger partial charge in [0.2, 0.25) is 0 Å². The molecule has 3 aliphatic rings. The molecule has 3 rings (SSSR count). The molecule has 1 aliphatic carbocycles. The summed E-state index contributed by atoms with van der Waals surface area (Å²) >= 11 is 2.09. The molecule has 2 atom stereocenters. The molecule has 1 saturated carbocycles. The Morgan fingerprint density at radius 3 is 2.33 bits per heavy atom. The monoisotopic (exact) mass is 310 g/mol. The highest BCUT2D eigenvalue weighted by Crippen LogP contribution is 2.35. The van der Waals surface area contributed by atoms with Gasteiger partial charge in [0.1, 0.15) is 0 Å². The summed E-state index contributed by atoms with van der Waals surface area (Å²) in [6.45, 7) is 8.94. The SMILES string of the molecule is CSC1CCC(N2CC3CCCCN3CC2C(C)C)CC1. The summed E-state index contributed by atoms with van der Waals surface area (Å²) < 4.78 is 0. The third-order valence-corrected chi connectivity index (χ3v) is 7.37. The highest BCUT2D eigenvalue weighted by atomic mass is 32.2. The van der Waals surface area contributed by atoms with E-state index in [4.69, 9.17) is 0 Å². The number of fused-ring (bicyclic) bond motifs is 1. The fourth-order valence-corrected chi connectivity index (χ4v) is 5.60. The first-order chi connectivity index (χ1) is 10.2. The van der Waals surface area contributed by atoms with E-state index in [0.717, 1.165) is 29.3 Å². The van der Waals surface area contributed by atoms with Gasteiger partial charge in [-0.1, -0.05) is 20.3 Å². The highest BCUT2D eigenvalue weighted by molar-refractivity contribution is 7.99. The van der Waals surface area contributed by atoms with E-state index < -0.39 is 0 Å². The number of rotatable bonds is 3. The van der Waals surface area contributed by atoms with Crippen LogP contribution >= 0.6 is 11.8 Å². The van der Waals surface area contributed by atoms with Crippen LogP contribution in [0.4, 0.5) is 0 Å². The van der Waals surface area contributed by atoms with Crippen LogP contribution in [-0.4, -0.2) is 59.1 Å². The maximum absolute atomic E-state index is 2.95. The Labute approximate surface area is 136 Å². The van der Waals surface area contributed by atoms with Gasteiger partial charge in [-0.2, -0.15) is 11.8 Å². The van der Waals surface area contributed by atoms with E-state index in [1.807, 2.05) is 0 Å². The van der Waals surface area contributed by atoms with Gasteiger partial charge in [0, 0.05) is 36.5 Å². The van der Waals surface area contributed by atoms with Crippen molar-refractivity contribution in [2.24, 2.45) is 5.92 Å². The molecule has 3 heteroatoms. The third-order valence-electron chi connectivity index (χ3n) is 6.23.